The molecule has 1 aromatic carbocycles. The molecule has 0 bridgehead atoms. The van der Waals surface area contributed by atoms with Gasteiger partial charge in [0, 0.05) is 36.2 Å². The summed E-state index contributed by atoms with van der Waals surface area (Å²) in [5.41, 5.74) is 2.49. The summed E-state index contributed by atoms with van der Waals surface area (Å²) < 4.78 is 2.23. The lowest BCUT2D eigenvalue weighted by Gasteiger charge is -2.01. The first-order valence-corrected chi connectivity index (χ1v) is 6.32. The molecular weight excluding hydrogens is 212 g/mol. The molecule has 17 heavy (non-hydrogen) atoms. The maximum atomic E-state index is 9.60. The fourth-order valence-electron chi connectivity index (χ4n) is 2.30. The largest absolute Gasteiger partial charge is 0.508 e. The second-order valence-corrected chi connectivity index (χ2v) is 4.80. The standard InChI is InChI=1S/C14H18N2O/c1-2-16-9-10(8-15-11-3-4-11)13-7-12(17)5-6-14(13)16/h5-7,9,11,15,17H,2-4,8H2,1H3. The highest BCUT2D eigenvalue weighted by Gasteiger charge is 2.20. The van der Waals surface area contributed by atoms with E-state index in [-0.39, 0.29) is 0 Å². The van der Waals surface area contributed by atoms with Gasteiger partial charge in [-0.3, -0.25) is 0 Å². The van der Waals surface area contributed by atoms with Crippen LogP contribution in [0.15, 0.2) is 24.4 Å². The molecule has 1 saturated carbocycles. The first kappa shape index (κ1) is 10.7. The Morgan fingerprint density at radius 2 is 2.24 bits per heavy atom. The fourth-order valence-corrected chi connectivity index (χ4v) is 2.30. The number of fused-ring (bicyclic) bond motifs is 1. The zero-order chi connectivity index (χ0) is 11.8. The average molecular weight is 230 g/mol. The number of nitrogens with one attached hydrogen (secondary N) is 1. The number of phenolic OH excluding ortho intramolecular Hbond substituents is 1. The quantitative estimate of drug-likeness (QED) is 0.847. The van der Waals surface area contributed by atoms with Gasteiger partial charge in [-0.1, -0.05) is 0 Å². The highest BCUT2D eigenvalue weighted by Crippen LogP contribution is 2.26. The van der Waals surface area contributed by atoms with Crippen molar-refractivity contribution in [2.24, 2.45) is 0 Å². The Balaban J connectivity index is 1.99. The molecule has 0 aliphatic heterocycles. The van der Waals surface area contributed by atoms with Crippen LogP contribution in [-0.4, -0.2) is 15.7 Å². The molecule has 2 N–H and O–H groups in total. The highest BCUT2D eigenvalue weighted by molar-refractivity contribution is 5.85. The van der Waals surface area contributed by atoms with Gasteiger partial charge in [-0.2, -0.15) is 0 Å². The first-order chi connectivity index (χ1) is 8.28. The van der Waals surface area contributed by atoms with Gasteiger partial charge < -0.3 is 15.0 Å². The Hall–Kier alpha value is -1.48. The van der Waals surface area contributed by atoms with E-state index in [1.54, 1.807) is 6.07 Å². The van der Waals surface area contributed by atoms with Crippen molar-refractivity contribution < 1.29 is 5.11 Å². The number of aromatic hydroxyl groups is 1. The van der Waals surface area contributed by atoms with Crippen LogP contribution in [-0.2, 0) is 13.1 Å². The van der Waals surface area contributed by atoms with Crippen LogP contribution in [0.25, 0.3) is 10.9 Å². The third kappa shape index (κ3) is 2.03. The SMILES string of the molecule is CCn1cc(CNC2CC2)c2cc(O)ccc21. The highest BCUT2D eigenvalue weighted by atomic mass is 16.3. The third-order valence-corrected chi connectivity index (χ3v) is 3.45. The monoisotopic (exact) mass is 230 g/mol. The molecule has 0 atom stereocenters. The van der Waals surface area contributed by atoms with Crippen LogP contribution in [0.4, 0.5) is 0 Å². The number of rotatable bonds is 4. The maximum absolute atomic E-state index is 9.60. The number of hydrogen-bond acceptors (Lipinski definition) is 2. The minimum absolute atomic E-state index is 0.346. The van der Waals surface area contributed by atoms with Crippen molar-refractivity contribution in [3.05, 3.63) is 30.0 Å². The molecule has 0 spiro atoms. The first-order valence-electron chi connectivity index (χ1n) is 6.32. The fraction of sp³-hybridized carbons (Fsp3) is 0.429. The van der Waals surface area contributed by atoms with E-state index in [1.165, 1.54) is 29.3 Å². The Kier molecular flexibility index (Phi) is 2.56. The summed E-state index contributed by atoms with van der Waals surface area (Å²) in [5, 5.41) is 14.3. The van der Waals surface area contributed by atoms with Crippen LogP contribution < -0.4 is 5.32 Å². The minimum Gasteiger partial charge on any atom is -0.508 e. The van der Waals surface area contributed by atoms with Crippen molar-refractivity contribution in [3.8, 4) is 5.75 Å². The topological polar surface area (TPSA) is 37.2 Å². The second kappa shape index (κ2) is 4.08. The van der Waals surface area contributed by atoms with Gasteiger partial charge >= 0.3 is 0 Å². The molecule has 1 aromatic heterocycles. The summed E-state index contributed by atoms with van der Waals surface area (Å²) in [6, 6.07) is 6.33. The van der Waals surface area contributed by atoms with Gasteiger partial charge in [0.2, 0.25) is 0 Å². The van der Waals surface area contributed by atoms with E-state index in [0.717, 1.165) is 13.1 Å². The van der Waals surface area contributed by atoms with Crippen LogP contribution in [0.3, 0.4) is 0 Å². The minimum atomic E-state index is 0.346. The van der Waals surface area contributed by atoms with Gasteiger partial charge in [0.1, 0.15) is 5.75 Å². The molecule has 0 saturated heterocycles. The van der Waals surface area contributed by atoms with Gasteiger partial charge in [-0.05, 0) is 43.5 Å². The van der Waals surface area contributed by atoms with E-state index >= 15 is 0 Å². The Bertz CT molecular complexity index is 540. The van der Waals surface area contributed by atoms with Gasteiger partial charge in [-0.15, -0.1) is 0 Å². The van der Waals surface area contributed by atoms with Crippen molar-refractivity contribution in [3.63, 3.8) is 0 Å². The zero-order valence-electron chi connectivity index (χ0n) is 10.1. The number of nitrogens with zero attached hydrogens (tertiary/aromatic N) is 1. The van der Waals surface area contributed by atoms with Crippen molar-refractivity contribution >= 4 is 10.9 Å². The molecule has 90 valence electrons. The number of hydrogen-bond donors (Lipinski definition) is 2. The van der Waals surface area contributed by atoms with Gasteiger partial charge in [-0.25, -0.2) is 0 Å². The van der Waals surface area contributed by atoms with Crippen molar-refractivity contribution in [2.75, 3.05) is 0 Å². The smallest absolute Gasteiger partial charge is 0.116 e. The van der Waals surface area contributed by atoms with E-state index in [4.69, 9.17) is 0 Å². The summed E-state index contributed by atoms with van der Waals surface area (Å²) in [5.74, 6) is 0.346. The van der Waals surface area contributed by atoms with E-state index in [1.807, 2.05) is 12.1 Å². The number of phenols is 1. The molecular formula is C14H18N2O. The Labute approximate surface area is 101 Å². The lowest BCUT2D eigenvalue weighted by atomic mass is 10.1. The third-order valence-electron chi connectivity index (χ3n) is 3.45. The number of aryl methyl sites for hydroxylation is 1. The predicted octanol–water partition coefficient (Wildman–Crippen LogP) is 2.62. The van der Waals surface area contributed by atoms with E-state index in [2.05, 4.69) is 23.0 Å². The molecule has 3 heteroatoms. The molecule has 0 amide bonds. The van der Waals surface area contributed by atoms with Crippen molar-refractivity contribution in [1.29, 1.82) is 0 Å². The summed E-state index contributed by atoms with van der Waals surface area (Å²) in [6.07, 6.45) is 4.80. The number of aromatic nitrogens is 1. The second-order valence-electron chi connectivity index (χ2n) is 4.80. The van der Waals surface area contributed by atoms with E-state index < -0.39 is 0 Å². The summed E-state index contributed by atoms with van der Waals surface area (Å²) in [6.45, 7) is 4.01. The number of benzene rings is 1. The molecule has 1 aliphatic carbocycles. The molecule has 2 aromatic rings. The summed E-state index contributed by atoms with van der Waals surface area (Å²) >= 11 is 0. The van der Waals surface area contributed by atoms with Gasteiger partial charge in [0.25, 0.3) is 0 Å². The molecule has 0 unspecified atom stereocenters. The predicted molar refractivity (Wildman–Crippen MR) is 69.1 cm³/mol. The van der Waals surface area contributed by atoms with Crippen LogP contribution in [0.5, 0.6) is 5.75 Å². The van der Waals surface area contributed by atoms with E-state index in [9.17, 15) is 5.11 Å². The van der Waals surface area contributed by atoms with Crippen LogP contribution in [0, 0.1) is 0 Å². The normalized spacial score (nSPS) is 15.6. The summed E-state index contributed by atoms with van der Waals surface area (Å²) in [7, 11) is 0. The maximum Gasteiger partial charge on any atom is 0.116 e. The lowest BCUT2D eigenvalue weighted by Crippen LogP contribution is -2.14. The van der Waals surface area contributed by atoms with Crippen molar-refractivity contribution in [2.45, 2.75) is 38.9 Å². The zero-order valence-corrected chi connectivity index (χ0v) is 10.1. The summed E-state index contributed by atoms with van der Waals surface area (Å²) in [4.78, 5) is 0. The molecule has 1 aliphatic rings. The van der Waals surface area contributed by atoms with Crippen LogP contribution >= 0.6 is 0 Å². The van der Waals surface area contributed by atoms with E-state index in [0.29, 0.717) is 11.8 Å². The van der Waals surface area contributed by atoms with Crippen molar-refractivity contribution in [1.82, 2.24) is 9.88 Å². The van der Waals surface area contributed by atoms with Crippen LogP contribution in [0.1, 0.15) is 25.3 Å². The lowest BCUT2D eigenvalue weighted by molar-refractivity contribution is 0.476. The Morgan fingerprint density at radius 3 is 2.94 bits per heavy atom. The molecule has 1 fully saturated rings. The van der Waals surface area contributed by atoms with Gasteiger partial charge in [0.15, 0.2) is 0 Å². The molecule has 3 nitrogen and oxygen atoms in total. The average Bonchev–Trinajstić information content (AvgIpc) is 3.09. The molecule has 1 heterocycles. The van der Waals surface area contributed by atoms with Crippen LogP contribution in [0.2, 0.25) is 0 Å². The Morgan fingerprint density at radius 1 is 1.41 bits per heavy atom. The molecule has 0 radical (unpaired) electrons. The molecule has 3 rings (SSSR count). The van der Waals surface area contributed by atoms with Gasteiger partial charge in [0.05, 0.1) is 0 Å².